The van der Waals surface area contributed by atoms with Crippen molar-refractivity contribution < 1.29 is 17.9 Å². The molecule has 0 atom stereocenters. The molecule has 1 saturated carbocycles. The first-order valence-corrected chi connectivity index (χ1v) is 8.54. The van der Waals surface area contributed by atoms with Crippen LogP contribution in [0.3, 0.4) is 0 Å². The number of rotatable bonds is 5. The van der Waals surface area contributed by atoms with Crippen molar-refractivity contribution in [2.24, 2.45) is 0 Å². The summed E-state index contributed by atoms with van der Waals surface area (Å²) in [5.41, 5.74) is -0.607. The maximum atomic E-state index is 14.0. The Morgan fingerprint density at radius 2 is 1.95 bits per heavy atom. The van der Waals surface area contributed by atoms with Gasteiger partial charge in [0.05, 0.1) is 16.2 Å². The van der Waals surface area contributed by atoms with Crippen LogP contribution >= 0.6 is 0 Å². The molecule has 7 heteroatoms. The Kier molecular flexibility index (Phi) is 4.85. The van der Waals surface area contributed by atoms with Crippen LogP contribution in [-0.4, -0.2) is 32.7 Å². The molecule has 0 unspecified atom stereocenters. The summed E-state index contributed by atoms with van der Waals surface area (Å²) in [5, 5.41) is 13.2. The van der Waals surface area contributed by atoms with Crippen LogP contribution in [0.2, 0.25) is 0 Å². The molecule has 0 heterocycles. The summed E-state index contributed by atoms with van der Waals surface area (Å²) < 4.78 is 39.3. The van der Waals surface area contributed by atoms with Gasteiger partial charge in [-0.05, 0) is 38.1 Å². The summed E-state index contributed by atoms with van der Waals surface area (Å²) in [4.78, 5) is -0.121. The lowest BCUT2D eigenvalue weighted by Gasteiger charge is -2.32. The van der Waals surface area contributed by atoms with E-state index >= 15 is 0 Å². The number of hydrogen-bond donors (Lipinski definition) is 3. The van der Waals surface area contributed by atoms with E-state index in [2.05, 4.69) is 10.0 Å². The second-order valence-corrected chi connectivity index (χ2v) is 7.37. The van der Waals surface area contributed by atoms with Crippen LogP contribution in [-0.2, 0) is 10.0 Å². The minimum Gasteiger partial charge on any atom is -0.388 e. The predicted molar refractivity (Wildman–Crippen MR) is 79.2 cm³/mol. The molecule has 21 heavy (non-hydrogen) atoms. The maximum Gasteiger partial charge on any atom is 0.240 e. The van der Waals surface area contributed by atoms with E-state index in [1.165, 1.54) is 19.2 Å². The Bertz CT molecular complexity index is 598. The number of sulfonamides is 1. The fourth-order valence-corrected chi connectivity index (χ4v) is 3.31. The molecule has 5 nitrogen and oxygen atoms in total. The Balaban J connectivity index is 2.08. The Labute approximate surface area is 124 Å². The second-order valence-electron chi connectivity index (χ2n) is 5.49. The molecule has 0 saturated heterocycles. The third kappa shape index (κ3) is 3.93. The third-order valence-corrected chi connectivity index (χ3v) is 5.32. The summed E-state index contributed by atoms with van der Waals surface area (Å²) in [6.07, 6.45) is 4.47. The van der Waals surface area contributed by atoms with Gasteiger partial charge in [0.1, 0.15) is 5.82 Å². The fourth-order valence-electron chi connectivity index (χ4n) is 2.57. The van der Waals surface area contributed by atoms with Crippen LogP contribution in [0.4, 0.5) is 10.1 Å². The molecule has 0 bridgehead atoms. The van der Waals surface area contributed by atoms with Crippen LogP contribution < -0.4 is 10.0 Å². The van der Waals surface area contributed by atoms with Crippen molar-refractivity contribution in [2.45, 2.75) is 42.6 Å². The summed E-state index contributed by atoms with van der Waals surface area (Å²) in [6.45, 7) is 0.266. The molecule has 1 aromatic carbocycles. The molecule has 3 N–H and O–H groups in total. The molecule has 0 spiro atoms. The summed E-state index contributed by atoms with van der Waals surface area (Å²) in [6, 6.07) is 3.69. The quantitative estimate of drug-likeness (QED) is 0.774. The number of hydrogen-bond acceptors (Lipinski definition) is 4. The van der Waals surface area contributed by atoms with Gasteiger partial charge in [-0.15, -0.1) is 0 Å². The zero-order chi connectivity index (χ0) is 15.5. The number of nitrogens with one attached hydrogen (secondary N) is 2. The van der Waals surface area contributed by atoms with Crippen molar-refractivity contribution in [2.75, 3.05) is 18.9 Å². The lowest BCUT2D eigenvalue weighted by atomic mass is 9.85. The highest BCUT2D eigenvalue weighted by Gasteiger charge is 2.29. The van der Waals surface area contributed by atoms with Crippen molar-refractivity contribution in [3.05, 3.63) is 24.0 Å². The average molecular weight is 316 g/mol. The van der Waals surface area contributed by atoms with Gasteiger partial charge in [-0.3, -0.25) is 0 Å². The molecule has 0 aromatic heterocycles. The zero-order valence-electron chi connectivity index (χ0n) is 12.0. The molecule has 1 aliphatic carbocycles. The van der Waals surface area contributed by atoms with E-state index in [0.717, 1.165) is 25.3 Å². The molecular formula is C14H21FN2O3S. The molecule has 0 radical (unpaired) electrons. The van der Waals surface area contributed by atoms with Gasteiger partial charge >= 0.3 is 0 Å². The van der Waals surface area contributed by atoms with Crippen molar-refractivity contribution in [3.8, 4) is 0 Å². The zero-order valence-corrected chi connectivity index (χ0v) is 12.8. The largest absolute Gasteiger partial charge is 0.388 e. The molecule has 1 fully saturated rings. The third-order valence-electron chi connectivity index (χ3n) is 3.91. The highest BCUT2D eigenvalue weighted by molar-refractivity contribution is 7.89. The van der Waals surface area contributed by atoms with E-state index in [1.807, 2.05) is 0 Å². The van der Waals surface area contributed by atoms with Gasteiger partial charge in [0, 0.05) is 6.54 Å². The minimum atomic E-state index is -3.65. The van der Waals surface area contributed by atoms with Crippen LogP contribution in [0.1, 0.15) is 32.1 Å². The van der Waals surface area contributed by atoms with Crippen molar-refractivity contribution >= 4 is 15.7 Å². The molecule has 0 amide bonds. The number of aliphatic hydroxyl groups is 1. The SMILES string of the molecule is CNS(=O)(=O)c1ccc(NCC2(O)CCCCC2)c(F)c1. The highest BCUT2D eigenvalue weighted by atomic mass is 32.2. The minimum absolute atomic E-state index is 0.121. The molecule has 1 aliphatic rings. The van der Waals surface area contributed by atoms with Crippen LogP contribution in [0.25, 0.3) is 0 Å². The van der Waals surface area contributed by atoms with Gasteiger partial charge in [0.25, 0.3) is 0 Å². The van der Waals surface area contributed by atoms with Crippen molar-refractivity contribution in [1.29, 1.82) is 0 Å². The van der Waals surface area contributed by atoms with Gasteiger partial charge in [-0.1, -0.05) is 19.3 Å². The van der Waals surface area contributed by atoms with E-state index in [-0.39, 0.29) is 17.1 Å². The Morgan fingerprint density at radius 3 is 2.52 bits per heavy atom. The van der Waals surface area contributed by atoms with E-state index in [9.17, 15) is 17.9 Å². The van der Waals surface area contributed by atoms with E-state index < -0.39 is 21.4 Å². The van der Waals surface area contributed by atoms with Crippen LogP contribution in [0.15, 0.2) is 23.1 Å². The monoisotopic (exact) mass is 316 g/mol. The number of anilines is 1. The highest BCUT2D eigenvalue weighted by Crippen LogP contribution is 2.29. The van der Waals surface area contributed by atoms with Crippen LogP contribution in [0.5, 0.6) is 0 Å². The predicted octanol–water partition coefficient (Wildman–Crippen LogP) is 1.84. The molecule has 0 aliphatic heterocycles. The maximum absolute atomic E-state index is 14.0. The van der Waals surface area contributed by atoms with Gasteiger partial charge in [0.15, 0.2) is 0 Å². The Morgan fingerprint density at radius 1 is 1.29 bits per heavy atom. The molecule has 2 rings (SSSR count). The van der Waals surface area contributed by atoms with Gasteiger partial charge in [-0.2, -0.15) is 0 Å². The lowest BCUT2D eigenvalue weighted by Crippen LogP contribution is -2.38. The second kappa shape index (κ2) is 6.29. The van der Waals surface area contributed by atoms with Gasteiger partial charge in [-0.25, -0.2) is 17.5 Å². The van der Waals surface area contributed by atoms with Gasteiger partial charge in [0.2, 0.25) is 10.0 Å². The average Bonchev–Trinajstić information content (AvgIpc) is 2.46. The first kappa shape index (κ1) is 16.2. The molecular weight excluding hydrogens is 295 g/mol. The summed E-state index contributed by atoms with van der Waals surface area (Å²) in [7, 11) is -2.38. The standard InChI is InChI=1S/C14H21FN2O3S/c1-16-21(19,20)11-5-6-13(12(15)9-11)17-10-14(18)7-3-2-4-8-14/h5-6,9,16-18H,2-4,7-8,10H2,1H3. The van der Waals surface area contributed by atoms with E-state index in [1.54, 1.807) is 0 Å². The lowest BCUT2D eigenvalue weighted by molar-refractivity contribution is 0.0167. The smallest absolute Gasteiger partial charge is 0.240 e. The normalized spacial score (nSPS) is 18.4. The Hall–Kier alpha value is -1.18. The first-order valence-electron chi connectivity index (χ1n) is 7.06. The van der Waals surface area contributed by atoms with Crippen molar-refractivity contribution in [1.82, 2.24) is 4.72 Å². The topological polar surface area (TPSA) is 78.4 Å². The first-order chi connectivity index (χ1) is 9.86. The van der Waals surface area contributed by atoms with E-state index in [0.29, 0.717) is 12.8 Å². The van der Waals surface area contributed by atoms with E-state index in [4.69, 9.17) is 0 Å². The van der Waals surface area contributed by atoms with Crippen LogP contribution in [0, 0.1) is 5.82 Å². The number of halogens is 1. The molecule has 1 aromatic rings. The summed E-state index contributed by atoms with van der Waals surface area (Å²) in [5.74, 6) is -0.647. The summed E-state index contributed by atoms with van der Waals surface area (Å²) >= 11 is 0. The number of benzene rings is 1. The fraction of sp³-hybridized carbons (Fsp3) is 0.571. The van der Waals surface area contributed by atoms with Crippen molar-refractivity contribution in [3.63, 3.8) is 0 Å². The van der Waals surface area contributed by atoms with Gasteiger partial charge < -0.3 is 10.4 Å². The molecule has 118 valence electrons.